The average molecular weight is 1080 g/mol. The van der Waals surface area contributed by atoms with E-state index in [9.17, 15) is 28.8 Å². The number of alkyl carbamates (subject to hydrolysis) is 3. The summed E-state index contributed by atoms with van der Waals surface area (Å²) in [6, 6.07) is 46.6. The maximum Gasteiger partial charge on any atom is 0.407 e. The minimum absolute atomic E-state index is 0.0582. The van der Waals surface area contributed by atoms with Crippen molar-refractivity contribution in [2.45, 2.75) is 117 Å². The number of aliphatic hydroxyl groups excluding tert-OH is 1. The second-order valence-electron chi connectivity index (χ2n) is 21.1. The average Bonchev–Trinajstić information content (AvgIpc) is 4.06. The molecule has 0 unspecified atom stereocenters. The summed E-state index contributed by atoms with van der Waals surface area (Å²) in [5, 5.41) is 19.6. The van der Waals surface area contributed by atoms with Crippen LogP contribution in [0.4, 0.5) is 14.4 Å². The van der Waals surface area contributed by atoms with Gasteiger partial charge in [-0.05, 0) is 122 Å². The van der Waals surface area contributed by atoms with Crippen LogP contribution in [0.15, 0.2) is 146 Å². The van der Waals surface area contributed by atoms with Crippen molar-refractivity contribution in [3.05, 3.63) is 190 Å². The second-order valence-corrected chi connectivity index (χ2v) is 21.1. The van der Waals surface area contributed by atoms with E-state index in [4.69, 9.17) is 29.8 Å². The first-order chi connectivity index (χ1) is 37.7. The first kappa shape index (κ1) is 59.9. The van der Waals surface area contributed by atoms with Crippen molar-refractivity contribution < 1.29 is 52.8 Å². The van der Waals surface area contributed by atoms with Crippen LogP contribution in [-0.4, -0.2) is 78.1 Å². The van der Waals surface area contributed by atoms with Gasteiger partial charge in [0, 0.05) is 44.4 Å². The number of fused-ring (bicyclic) bond motifs is 6. The molecule has 0 heterocycles. The molecule has 0 aliphatic heterocycles. The van der Waals surface area contributed by atoms with E-state index in [2.05, 4.69) is 57.7 Å². The number of nitrogens with one attached hydrogen (secondary N) is 4. The Labute approximate surface area is 462 Å². The molecule has 6 aromatic carbocycles. The van der Waals surface area contributed by atoms with Crippen molar-refractivity contribution in [3.8, 4) is 22.3 Å². The Morgan fingerprint density at radius 1 is 0.506 bits per heavy atom. The van der Waals surface area contributed by atoms with Crippen LogP contribution in [0.3, 0.4) is 0 Å². The minimum atomic E-state index is -0.933. The Morgan fingerprint density at radius 3 is 1.22 bits per heavy atom. The van der Waals surface area contributed by atoms with Gasteiger partial charge in [-0.2, -0.15) is 0 Å². The summed E-state index contributed by atoms with van der Waals surface area (Å²) in [7, 11) is 0. The highest BCUT2D eigenvalue weighted by molar-refractivity contribution is 5.87. The lowest BCUT2D eigenvalue weighted by Gasteiger charge is -2.20. The molecule has 16 heteroatoms. The first-order valence-corrected chi connectivity index (χ1v) is 26.3. The van der Waals surface area contributed by atoms with Crippen molar-refractivity contribution in [1.82, 2.24) is 21.3 Å². The van der Waals surface area contributed by atoms with Crippen LogP contribution in [0.1, 0.15) is 118 Å². The van der Waals surface area contributed by atoms with Gasteiger partial charge in [0.1, 0.15) is 42.8 Å². The van der Waals surface area contributed by atoms with Gasteiger partial charge < -0.3 is 55.8 Å². The smallest absolute Gasteiger partial charge is 0.407 e. The number of carbonyl (C=O) groups is 6. The van der Waals surface area contributed by atoms with Gasteiger partial charge in [-0.25, -0.2) is 19.2 Å². The molecule has 0 fully saturated rings. The number of ketones is 1. The fraction of sp³-hybridized carbons (Fsp3) is 0.333. The largest absolute Gasteiger partial charge is 0.463 e. The highest BCUT2D eigenvalue weighted by atomic mass is 16.6. The third-order valence-corrected chi connectivity index (χ3v) is 12.7. The number of aliphatic hydroxyl groups is 1. The van der Waals surface area contributed by atoms with Crippen molar-refractivity contribution in [2.75, 3.05) is 19.8 Å². The van der Waals surface area contributed by atoms with Gasteiger partial charge in [-0.15, -0.1) is 0 Å². The lowest BCUT2D eigenvalue weighted by Crippen LogP contribution is -2.47. The SMILES string of the molecule is CC(=O)CC[C@H](NC(=O)OCC1c2ccccc2-c2ccccc21)C(=O)NCc1ccc(CNC(=O)OC(C)(C)C)cc1.CC(C)(C)OC(=O)NCc1ccc(CN)cc1.O=C(CO)OCC1c2ccccc2-c2ccccc21. The Hall–Kier alpha value is -8.34. The quantitative estimate of drug-likeness (QED) is 0.0370. The molecule has 1 atom stereocenters. The van der Waals surface area contributed by atoms with Gasteiger partial charge in [-0.1, -0.05) is 146 Å². The summed E-state index contributed by atoms with van der Waals surface area (Å²) < 4.78 is 21.1. The van der Waals surface area contributed by atoms with E-state index in [0.717, 1.165) is 44.5 Å². The van der Waals surface area contributed by atoms with Gasteiger partial charge >= 0.3 is 24.2 Å². The van der Waals surface area contributed by atoms with E-state index in [1.165, 1.54) is 29.2 Å². The molecule has 0 bridgehead atoms. The zero-order valence-electron chi connectivity index (χ0n) is 46.1. The summed E-state index contributed by atoms with van der Waals surface area (Å²) in [4.78, 5) is 72.0. The van der Waals surface area contributed by atoms with Crippen LogP contribution in [-0.2, 0) is 59.5 Å². The number of ether oxygens (including phenoxy) is 4. The van der Waals surface area contributed by atoms with Crippen LogP contribution in [0.25, 0.3) is 22.3 Å². The molecular weight excluding hydrogens is 1000 g/mol. The molecule has 0 radical (unpaired) electrons. The number of hydrogen-bond acceptors (Lipinski definition) is 12. The Bertz CT molecular complexity index is 2950. The molecule has 0 saturated heterocycles. The maximum absolute atomic E-state index is 13.1. The number of hydrogen-bond donors (Lipinski definition) is 6. The molecule has 79 heavy (non-hydrogen) atoms. The summed E-state index contributed by atoms with van der Waals surface area (Å²) in [6.07, 6.45) is -1.32. The first-order valence-electron chi connectivity index (χ1n) is 26.3. The van der Waals surface area contributed by atoms with E-state index in [1.54, 1.807) is 20.8 Å². The second kappa shape index (κ2) is 28.3. The Kier molecular flexibility index (Phi) is 21.5. The highest BCUT2D eigenvalue weighted by Gasteiger charge is 2.31. The molecule has 416 valence electrons. The number of Topliss-reactive ketones (excluding diaryl/α,β-unsaturated/α-hetero) is 1. The van der Waals surface area contributed by atoms with E-state index >= 15 is 0 Å². The van der Waals surface area contributed by atoms with E-state index in [0.29, 0.717) is 19.6 Å². The highest BCUT2D eigenvalue weighted by Crippen LogP contribution is 2.45. The zero-order valence-corrected chi connectivity index (χ0v) is 46.1. The van der Waals surface area contributed by atoms with E-state index in [-0.39, 0.29) is 50.2 Å². The molecule has 7 N–H and O–H groups in total. The zero-order chi connectivity index (χ0) is 57.1. The molecule has 8 rings (SSSR count). The van der Waals surface area contributed by atoms with Gasteiger partial charge in [0.15, 0.2) is 0 Å². The van der Waals surface area contributed by atoms with Crippen molar-refractivity contribution in [1.29, 1.82) is 0 Å². The summed E-state index contributed by atoms with van der Waals surface area (Å²) in [6.45, 7) is 13.7. The lowest BCUT2D eigenvalue weighted by atomic mass is 9.98. The number of esters is 1. The number of carbonyl (C=O) groups excluding carboxylic acids is 6. The monoisotopic (exact) mass is 1080 g/mol. The molecule has 6 aromatic rings. The van der Waals surface area contributed by atoms with Gasteiger partial charge in [0.25, 0.3) is 0 Å². The number of rotatable bonds is 17. The molecule has 2 aliphatic rings. The van der Waals surface area contributed by atoms with Crippen LogP contribution >= 0.6 is 0 Å². The number of amides is 4. The molecule has 4 amide bonds. The topological polar surface area (TPSA) is 234 Å². The summed E-state index contributed by atoms with van der Waals surface area (Å²) >= 11 is 0. The maximum atomic E-state index is 13.1. The van der Waals surface area contributed by atoms with Gasteiger partial charge in [-0.3, -0.25) is 4.79 Å². The molecular formula is C63H73N5O11. The van der Waals surface area contributed by atoms with Crippen molar-refractivity contribution in [2.24, 2.45) is 5.73 Å². The number of nitrogens with two attached hydrogens (primary N) is 1. The minimum Gasteiger partial charge on any atom is -0.463 e. The van der Waals surface area contributed by atoms with Crippen molar-refractivity contribution in [3.63, 3.8) is 0 Å². The molecule has 0 saturated carbocycles. The van der Waals surface area contributed by atoms with E-state index in [1.807, 2.05) is 130 Å². The third kappa shape index (κ3) is 18.4. The summed E-state index contributed by atoms with van der Waals surface area (Å²) in [5.41, 5.74) is 17.4. The molecule has 0 spiro atoms. The third-order valence-electron chi connectivity index (χ3n) is 12.7. The Morgan fingerprint density at radius 2 is 0.861 bits per heavy atom. The number of benzene rings is 6. The van der Waals surface area contributed by atoms with Crippen LogP contribution < -0.4 is 27.0 Å². The van der Waals surface area contributed by atoms with E-state index < -0.39 is 54.0 Å². The molecule has 2 aliphatic carbocycles. The fourth-order valence-corrected chi connectivity index (χ4v) is 8.92. The molecule has 16 nitrogen and oxygen atoms in total. The fourth-order valence-electron chi connectivity index (χ4n) is 8.92. The van der Waals surface area contributed by atoms with Crippen molar-refractivity contribution >= 4 is 35.9 Å². The summed E-state index contributed by atoms with van der Waals surface area (Å²) in [5.74, 6) is -1.12. The van der Waals surface area contributed by atoms with Crippen LogP contribution in [0, 0.1) is 0 Å². The van der Waals surface area contributed by atoms with Crippen LogP contribution in [0.2, 0.25) is 0 Å². The normalized spacial score (nSPS) is 12.5. The van der Waals surface area contributed by atoms with Crippen LogP contribution in [0.5, 0.6) is 0 Å². The van der Waals surface area contributed by atoms with Gasteiger partial charge in [0.05, 0.1) is 0 Å². The molecule has 0 aromatic heterocycles. The standard InChI is InChI=1S/C34H39N3O6.C16H14O3.C13H20N2O2/c1-22(38)13-18-30(31(39)35-19-23-14-16-24(17-15-23)20-36-32(40)43-34(2,3)4)37-33(41)42-21-29-27-11-7-5-9-25(27)26-10-6-8-12-28(26)29;17-9-16(18)19-10-15-13-7-3-1-5-11(13)12-6-2-4-8-14(12)15;1-13(2,3)17-12(16)15-9-11-6-4-10(8-14)5-7-11/h5-12,14-17,29-30H,13,18-21H2,1-4H3,(H,35,39)(H,36,40)(H,37,41);1-8,15,17H,9-10H2;4-7H,8-9,14H2,1-3H3,(H,15,16)/t30-;;/m0../s1. The lowest BCUT2D eigenvalue weighted by molar-refractivity contribution is -0.147. The predicted molar refractivity (Wildman–Crippen MR) is 302 cm³/mol. The Balaban J connectivity index is 0.000000228. The predicted octanol–water partition coefficient (Wildman–Crippen LogP) is 10.1. The van der Waals surface area contributed by atoms with Gasteiger partial charge in [0.2, 0.25) is 5.91 Å².